The summed E-state index contributed by atoms with van der Waals surface area (Å²) in [4.78, 5) is 31.2. The number of imidazole rings is 1. The standard InChI is InChI=1S/C24H28N4O3/c1-5-23(30)27(17(2)3)16-22(29)26-24-25-21(18-11-13-20(31-4)14-12-18)15-28(24)19-9-7-6-8-10-19/h6-15,17H,5,16H2,1-4H3,(H,25,26,29). The molecule has 1 N–H and O–H groups in total. The number of ether oxygens (including phenoxy) is 1. The van der Waals surface area contributed by atoms with Gasteiger partial charge < -0.3 is 9.64 Å². The van der Waals surface area contributed by atoms with Crippen LogP contribution in [0.5, 0.6) is 5.75 Å². The van der Waals surface area contributed by atoms with Crippen molar-refractivity contribution in [1.29, 1.82) is 0 Å². The summed E-state index contributed by atoms with van der Waals surface area (Å²) in [5.74, 6) is 0.804. The molecule has 2 amide bonds. The highest BCUT2D eigenvalue weighted by Gasteiger charge is 2.20. The Morgan fingerprint density at radius 3 is 2.35 bits per heavy atom. The number of hydrogen-bond donors (Lipinski definition) is 1. The van der Waals surface area contributed by atoms with Gasteiger partial charge in [-0.1, -0.05) is 25.1 Å². The maximum absolute atomic E-state index is 12.8. The summed E-state index contributed by atoms with van der Waals surface area (Å²) in [6.45, 7) is 5.56. The Balaban J connectivity index is 1.91. The highest BCUT2D eigenvalue weighted by Crippen LogP contribution is 2.26. The molecule has 7 heteroatoms. The van der Waals surface area contributed by atoms with Crippen LogP contribution in [0.2, 0.25) is 0 Å². The third kappa shape index (κ3) is 5.31. The number of carbonyl (C=O) groups is 2. The van der Waals surface area contributed by atoms with Gasteiger partial charge in [0.15, 0.2) is 0 Å². The SMILES string of the molecule is CCC(=O)N(CC(=O)Nc1nc(-c2ccc(OC)cc2)cn1-c1ccccc1)C(C)C. The van der Waals surface area contributed by atoms with Crippen molar-refractivity contribution in [2.24, 2.45) is 0 Å². The third-order valence-electron chi connectivity index (χ3n) is 4.94. The van der Waals surface area contributed by atoms with Crippen molar-refractivity contribution in [3.63, 3.8) is 0 Å². The fourth-order valence-corrected chi connectivity index (χ4v) is 3.24. The van der Waals surface area contributed by atoms with Crippen LogP contribution in [-0.2, 0) is 9.59 Å². The molecule has 0 spiro atoms. The second-order valence-electron chi connectivity index (χ2n) is 7.40. The Labute approximate surface area is 182 Å². The molecular formula is C24H28N4O3. The highest BCUT2D eigenvalue weighted by atomic mass is 16.5. The Bertz CT molecular complexity index is 1030. The molecule has 3 rings (SSSR count). The molecule has 0 aliphatic carbocycles. The van der Waals surface area contributed by atoms with Crippen LogP contribution < -0.4 is 10.1 Å². The molecule has 31 heavy (non-hydrogen) atoms. The first kappa shape index (κ1) is 22.1. The monoisotopic (exact) mass is 420 g/mol. The Morgan fingerprint density at radius 2 is 1.77 bits per heavy atom. The van der Waals surface area contributed by atoms with Crippen molar-refractivity contribution in [3.05, 3.63) is 60.8 Å². The Kier molecular flexibility index (Phi) is 7.07. The highest BCUT2D eigenvalue weighted by molar-refractivity contribution is 5.94. The van der Waals surface area contributed by atoms with E-state index in [0.717, 1.165) is 17.0 Å². The van der Waals surface area contributed by atoms with Gasteiger partial charge in [-0.2, -0.15) is 0 Å². The number of para-hydroxylation sites is 1. The van der Waals surface area contributed by atoms with E-state index in [1.165, 1.54) is 0 Å². The molecule has 0 aliphatic rings. The van der Waals surface area contributed by atoms with Crippen molar-refractivity contribution in [3.8, 4) is 22.7 Å². The summed E-state index contributed by atoms with van der Waals surface area (Å²) in [6.07, 6.45) is 2.23. The molecular weight excluding hydrogens is 392 g/mol. The fourth-order valence-electron chi connectivity index (χ4n) is 3.24. The van der Waals surface area contributed by atoms with Crippen LogP contribution in [0.3, 0.4) is 0 Å². The van der Waals surface area contributed by atoms with Crippen LogP contribution in [0.4, 0.5) is 5.95 Å². The molecule has 0 aliphatic heterocycles. The first-order chi connectivity index (χ1) is 14.9. The third-order valence-corrected chi connectivity index (χ3v) is 4.94. The molecule has 0 unspecified atom stereocenters. The normalized spacial score (nSPS) is 10.7. The van der Waals surface area contributed by atoms with Gasteiger partial charge in [0.05, 0.1) is 12.8 Å². The lowest BCUT2D eigenvalue weighted by molar-refractivity contribution is -0.136. The fraction of sp³-hybridized carbons (Fsp3) is 0.292. The minimum absolute atomic E-state index is 0.0239. The topological polar surface area (TPSA) is 76.5 Å². The number of carbonyl (C=O) groups excluding carboxylic acids is 2. The maximum atomic E-state index is 12.8. The van der Waals surface area contributed by atoms with Crippen LogP contribution in [0, 0.1) is 0 Å². The number of hydrogen-bond acceptors (Lipinski definition) is 4. The van der Waals surface area contributed by atoms with Crippen molar-refractivity contribution >= 4 is 17.8 Å². The summed E-state index contributed by atoms with van der Waals surface area (Å²) in [5, 5.41) is 2.88. The van der Waals surface area contributed by atoms with E-state index in [1.807, 2.05) is 79.2 Å². The number of nitrogens with zero attached hydrogens (tertiary/aromatic N) is 3. The number of nitrogens with one attached hydrogen (secondary N) is 1. The van der Waals surface area contributed by atoms with Crippen LogP contribution in [0.15, 0.2) is 60.8 Å². The van der Waals surface area contributed by atoms with Crippen molar-refractivity contribution < 1.29 is 14.3 Å². The maximum Gasteiger partial charge on any atom is 0.246 e. The van der Waals surface area contributed by atoms with Crippen LogP contribution >= 0.6 is 0 Å². The van der Waals surface area contributed by atoms with E-state index >= 15 is 0 Å². The van der Waals surface area contributed by atoms with Gasteiger partial charge >= 0.3 is 0 Å². The summed E-state index contributed by atoms with van der Waals surface area (Å²) in [5.41, 5.74) is 2.48. The van der Waals surface area contributed by atoms with E-state index in [-0.39, 0.29) is 24.4 Å². The van der Waals surface area contributed by atoms with Gasteiger partial charge in [0, 0.05) is 29.9 Å². The van der Waals surface area contributed by atoms with E-state index < -0.39 is 0 Å². The van der Waals surface area contributed by atoms with E-state index in [1.54, 1.807) is 18.9 Å². The zero-order chi connectivity index (χ0) is 22.4. The summed E-state index contributed by atoms with van der Waals surface area (Å²) >= 11 is 0. The summed E-state index contributed by atoms with van der Waals surface area (Å²) < 4.78 is 7.06. The van der Waals surface area contributed by atoms with Gasteiger partial charge in [0.2, 0.25) is 17.8 Å². The predicted molar refractivity (Wildman–Crippen MR) is 121 cm³/mol. The van der Waals surface area contributed by atoms with Gasteiger partial charge in [0.1, 0.15) is 12.3 Å². The zero-order valence-electron chi connectivity index (χ0n) is 18.3. The van der Waals surface area contributed by atoms with Gasteiger partial charge in [-0.15, -0.1) is 0 Å². The van der Waals surface area contributed by atoms with E-state index in [9.17, 15) is 9.59 Å². The summed E-state index contributed by atoms with van der Waals surface area (Å²) in [6, 6.07) is 17.2. The largest absolute Gasteiger partial charge is 0.497 e. The van der Waals surface area contributed by atoms with E-state index in [2.05, 4.69) is 10.3 Å². The van der Waals surface area contributed by atoms with Gasteiger partial charge in [-0.25, -0.2) is 4.98 Å². The molecule has 0 bridgehead atoms. The molecule has 7 nitrogen and oxygen atoms in total. The zero-order valence-corrected chi connectivity index (χ0v) is 18.3. The minimum Gasteiger partial charge on any atom is -0.497 e. The van der Waals surface area contributed by atoms with Crippen molar-refractivity contribution in [2.75, 3.05) is 19.0 Å². The molecule has 2 aromatic carbocycles. The lowest BCUT2D eigenvalue weighted by Gasteiger charge is -2.25. The van der Waals surface area contributed by atoms with E-state index in [4.69, 9.17) is 4.74 Å². The lowest BCUT2D eigenvalue weighted by atomic mass is 10.1. The molecule has 1 aromatic heterocycles. The van der Waals surface area contributed by atoms with Crippen molar-refractivity contribution in [2.45, 2.75) is 33.2 Å². The lowest BCUT2D eigenvalue weighted by Crippen LogP contribution is -2.42. The van der Waals surface area contributed by atoms with E-state index in [0.29, 0.717) is 18.1 Å². The molecule has 3 aromatic rings. The van der Waals surface area contributed by atoms with Gasteiger partial charge in [-0.05, 0) is 50.2 Å². The average molecular weight is 421 g/mol. The molecule has 0 radical (unpaired) electrons. The minimum atomic E-state index is -0.292. The first-order valence-corrected chi connectivity index (χ1v) is 10.3. The quantitative estimate of drug-likeness (QED) is 0.594. The number of rotatable bonds is 8. The van der Waals surface area contributed by atoms with Crippen LogP contribution in [-0.4, -0.2) is 46.0 Å². The number of aromatic nitrogens is 2. The molecule has 0 fully saturated rings. The molecule has 1 heterocycles. The average Bonchev–Trinajstić information content (AvgIpc) is 3.21. The Hall–Kier alpha value is -3.61. The van der Waals surface area contributed by atoms with Gasteiger partial charge in [-0.3, -0.25) is 19.5 Å². The number of anilines is 1. The van der Waals surface area contributed by atoms with Crippen molar-refractivity contribution in [1.82, 2.24) is 14.5 Å². The molecule has 0 saturated carbocycles. The molecule has 162 valence electrons. The summed E-state index contributed by atoms with van der Waals surface area (Å²) in [7, 11) is 1.62. The smallest absolute Gasteiger partial charge is 0.246 e. The number of benzene rings is 2. The van der Waals surface area contributed by atoms with Gasteiger partial charge in [0.25, 0.3) is 0 Å². The first-order valence-electron chi connectivity index (χ1n) is 10.3. The molecule has 0 saturated heterocycles. The van der Waals surface area contributed by atoms with Crippen LogP contribution in [0.25, 0.3) is 16.9 Å². The Morgan fingerprint density at radius 1 is 1.10 bits per heavy atom. The molecule has 0 atom stereocenters. The number of methoxy groups -OCH3 is 1. The number of amides is 2. The second kappa shape index (κ2) is 9.93. The van der Waals surface area contributed by atoms with Crippen LogP contribution in [0.1, 0.15) is 27.2 Å². The second-order valence-corrected chi connectivity index (χ2v) is 7.40. The predicted octanol–water partition coefficient (Wildman–Crippen LogP) is 4.13.